The molecular formula is C46H48F2N14O2. The first-order valence-corrected chi connectivity index (χ1v) is 22.2. The minimum Gasteiger partial charge on any atom is -0.377 e. The summed E-state index contributed by atoms with van der Waals surface area (Å²) in [4.78, 5) is 53.5. The third kappa shape index (κ3) is 7.61. The third-order valence-electron chi connectivity index (χ3n) is 13.5. The Kier molecular flexibility index (Phi) is 10.7. The standard InChI is InChI=1S/2C23H24FN7O/c1-14-18-11-27-23(22-25-6-2-7-26-22)28-19(18)5-8-30(14)20-9-15(24)10-21(29-20)31-16-3-4-17(31)13-32-12-16;1-14-18-11-27-23(22-25-6-2-7-26-22)28-19(18)5-8-30(14)21-10-17(9-20(24)29-21)31-15-3-4-16(31)13-32-12-15/h2,6-7,9-11,14,16-17H,3-5,8,12-13H2,1H3;2,6-7,9-11,14-16H,3-5,8,12-13H2,1H3. The van der Waals surface area contributed by atoms with Crippen LogP contribution >= 0.6 is 0 Å². The van der Waals surface area contributed by atoms with Crippen LogP contribution in [0.3, 0.4) is 0 Å². The smallest absolute Gasteiger partial charge is 0.216 e. The van der Waals surface area contributed by atoms with E-state index in [1.807, 2.05) is 18.5 Å². The molecule has 6 aromatic rings. The summed E-state index contributed by atoms with van der Waals surface area (Å²) >= 11 is 0. The fraction of sp³-hybridized carbons (Fsp3) is 0.435. The van der Waals surface area contributed by atoms with E-state index in [2.05, 4.69) is 68.3 Å². The van der Waals surface area contributed by atoms with Crippen molar-refractivity contribution >= 4 is 23.1 Å². The Balaban J connectivity index is 0.000000143. The van der Waals surface area contributed by atoms with Crippen LogP contribution in [0.5, 0.6) is 0 Å². The predicted octanol–water partition coefficient (Wildman–Crippen LogP) is 5.92. The second kappa shape index (κ2) is 17.0. The summed E-state index contributed by atoms with van der Waals surface area (Å²) in [6.07, 6.45) is 16.2. The normalized spacial score (nSPS) is 24.5. The lowest BCUT2D eigenvalue weighted by Gasteiger charge is -2.38. The van der Waals surface area contributed by atoms with Crippen molar-refractivity contribution in [2.75, 3.05) is 59.1 Å². The largest absolute Gasteiger partial charge is 0.377 e. The van der Waals surface area contributed by atoms with Gasteiger partial charge in [0.1, 0.15) is 23.3 Å². The van der Waals surface area contributed by atoms with E-state index in [0.29, 0.717) is 92.4 Å². The van der Waals surface area contributed by atoms with Crippen LogP contribution in [0.15, 0.2) is 73.6 Å². The number of pyridine rings is 2. The first-order chi connectivity index (χ1) is 31.3. The predicted molar refractivity (Wildman–Crippen MR) is 234 cm³/mol. The molecule has 0 aliphatic carbocycles. The highest BCUT2D eigenvalue weighted by Crippen LogP contribution is 2.40. The van der Waals surface area contributed by atoms with Gasteiger partial charge in [-0.2, -0.15) is 4.39 Å². The Bertz CT molecular complexity index is 2440. The van der Waals surface area contributed by atoms with Crippen LogP contribution in [0.1, 0.15) is 74.1 Å². The van der Waals surface area contributed by atoms with E-state index in [1.54, 1.807) is 49.1 Å². The second-order valence-electron chi connectivity index (χ2n) is 17.2. The van der Waals surface area contributed by atoms with Crippen LogP contribution in [0.25, 0.3) is 23.3 Å². The van der Waals surface area contributed by atoms with E-state index in [1.165, 1.54) is 6.07 Å². The summed E-state index contributed by atoms with van der Waals surface area (Å²) in [7, 11) is 0. The van der Waals surface area contributed by atoms with Gasteiger partial charge in [-0.15, -0.1) is 0 Å². The minimum atomic E-state index is -0.450. The van der Waals surface area contributed by atoms with Crippen molar-refractivity contribution in [3.63, 3.8) is 0 Å². The molecule has 6 aromatic heterocycles. The van der Waals surface area contributed by atoms with Crippen molar-refractivity contribution in [2.24, 2.45) is 0 Å². The van der Waals surface area contributed by atoms with Crippen LogP contribution in [0, 0.1) is 11.8 Å². The van der Waals surface area contributed by atoms with Crippen molar-refractivity contribution < 1.29 is 18.3 Å². The molecule has 12 rings (SSSR count). The lowest BCUT2D eigenvalue weighted by atomic mass is 9.99. The summed E-state index contributed by atoms with van der Waals surface area (Å²) in [6.45, 7) is 8.35. The van der Waals surface area contributed by atoms with E-state index in [-0.39, 0.29) is 30.0 Å². The molecule has 0 spiro atoms. The number of rotatable bonds is 6. The molecule has 18 heteroatoms. The Morgan fingerprint density at radius 2 is 0.984 bits per heavy atom. The van der Waals surface area contributed by atoms with Crippen molar-refractivity contribution in [1.82, 2.24) is 49.8 Å². The van der Waals surface area contributed by atoms with Crippen LogP contribution in [0.4, 0.5) is 31.9 Å². The molecule has 12 heterocycles. The monoisotopic (exact) mass is 866 g/mol. The number of hydrogen-bond acceptors (Lipinski definition) is 16. The summed E-state index contributed by atoms with van der Waals surface area (Å²) in [5.74, 6) is 3.39. The highest BCUT2D eigenvalue weighted by Gasteiger charge is 2.40. The number of anilines is 4. The van der Waals surface area contributed by atoms with E-state index >= 15 is 0 Å². The fourth-order valence-electron chi connectivity index (χ4n) is 10.4. The quantitative estimate of drug-likeness (QED) is 0.182. The molecule has 4 bridgehead atoms. The van der Waals surface area contributed by atoms with Crippen molar-refractivity contribution in [2.45, 2.75) is 88.6 Å². The SMILES string of the molecule is CC1c2cnc(-c3ncccn3)nc2CCN1c1cc(F)cc(N2C3CCC2COC3)n1.CC1c2cnc(-c3ncccn3)nc2CCN1c1cc(N2C3CCC2COC3)cc(F)n1. The molecule has 0 N–H and O–H groups in total. The van der Waals surface area contributed by atoms with E-state index < -0.39 is 5.95 Å². The lowest BCUT2D eigenvalue weighted by Crippen LogP contribution is -2.46. The van der Waals surface area contributed by atoms with Gasteiger partial charge in [-0.05, 0) is 51.7 Å². The van der Waals surface area contributed by atoms with Gasteiger partial charge in [0.15, 0.2) is 23.3 Å². The molecule has 16 nitrogen and oxygen atoms in total. The zero-order valence-corrected chi connectivity index (χ0v) is 35.7. The van der Waals surface area contributed by atoms with Crippen LogP contribution in [0.2, 0.25) is 0 Å². The number of nitrogens with zero attached hydrogens (tertiary/aromatic N) is 14. The average molecular weight is 867 g/mol. The Morgan fingerprint density at radius 1 is 0.516 bits per heavy atom. The van der Waals surface area contributed by atoms with Crippen LogP contribution < -0.4 is 19.6 Å². The highest BCUT2D eigenvalue weighted by molar-refractivity contribution is 5.60. The number of fused-ring (bicyclic) bond motifs is 6. The molecule has 6 unspecified atom stereocenters. The fourth-order valence-corrected chi connectivity index (χ4v) is 10.4. The first kappa shape index (κ1) is 40.4. The number of aromatic nitrogens is 10. The van der Waals surface area contributed by atoms with Gasteiger partial charge < -0.3 is 29.1 Å². The third-order valence-corrected chi connectivity index (χ3v) is 13.5. The van der Waals surface area contributed by atoms with Gasteiger partial charge in [-0.1, -0.05) is 0 Å². The molecule has 64 heavy (non-hydrogen) atoms. The number of morpholine rings is 2. The van der Waals surface area contributed by atoms with Gasteiger partial charge in [0, 0.05) is 104 Å². The molecule has 0 amide bonds. The Labute approximate surface area is 369 Å². The molecule has 6 aliphatic rings. The molecule has 0 radical (unpaired) electrons. The average Bonchev–Trinajstić information content (AvgIpc) is 3.73. The first-order valence-electron chi connectivity index (χ1n) is 22.2. The molecule has 6 atom stereocenters. The number of ether oxygens (including phenoxy) is 2. The topological polar surface area (TPSA) is 160 Å². The summed E-state index contributed by atoms with van der Waals surface area (Å²) in [5.41, 5.74) is 4.90. The molecule has 4 fully saturated rings. The zero-order chi connectivity index (χ0) is 43.3. The highest BCUT2D eigenvalue weighted by atomic mass is 19.1. The van der Waals surface area contributed by atoms with E-state index in [9.17, 15) is 8.78 Å². The second-order valence-corrected chi connectivity index (χ2v) is 17.2. The van der Waals surface area contributed by atoms with Gasteiger partial charge in [0.25, 0.3) is 0 Å². The maximum absolute atomic E-state index is 14.7. The molecule has 0 aromatic carbocycles. The van der Waals surface area contributed by atoms with E-state index in [4.69, 9.17) is 24.4 Å². The van der Waals surface area contributed by atoms with Crippen molar-refractivity contribution in [3.05, 3.63) is 108 Å². The number of halogens is 2. The molecular weight excluding hydrogens is 819 g/mol. The molecule has 328 valence electrons. The maximum atomic E-state index is 14.7. The van der Waals surface area contributed by atoms with Crippen LogP contribution in [-0.2, 0) is 22.3 Å². The number of hydrogen-bond donors (Lipinski definition) is 0. The van der Waals surface area contributed by atoms with E-state index in [0.717, 1.165) is 66.7 Å². The summed E-state index contributed by atoms with van der Waals surface area (Å²) < 4.78 is 40.7. The van der Waals surface area contributed by atoms with Crippen LogP contribution in [-0.4, -0.2) is 114 Å². The summed E-state index contributed by atoms with van der Waals surface area (Å²) in [5, 5.41) is 0. The Hall–Kier alpha value is -6.40. The Morgan fingerprint density at radius 3 is 1.50 bits per heavy atom. The van der Waals surface area contributed by atoms with Gasteiger partial charge in [0.2, 0.25) is 5.95 Å². The van der Waals surface area contributed by atoms with Gasteiger partial charge in [-0.25, -0.2) is 54.2 Å². The molecule has 0 saturated carbocycles. The van der Waals surface area contributed by atoms with Crippen molar-refractivity contribution in [1.29, 1.82) is 0 Å². The minimum absolute atomic E-state index is 0.0203. The molecule has 6 aliphatic heterocycles. The maximum Gasteiger partial charge on any atom is 0.216 e. The van der Waals surface area contributed by atoms with Gasteiger partial charge >= 0.3 is 0 Å². The summed E-state index contributed by atoms with van der Waals surface area (Å²) in [6, 6.07) is 11.3. The molecule has 4 saturated heterocycles. The van der Waals surface area contributed by atoms with Gasteiger partial charge in [0.05, 0.1) is 74.1 Å². The lowest BCUT2D eigenvalue weighted by molar-refractivity contribution is 0.0902. The van der Waals surface area contributed by atoms with Crippen molar-refractivity contribution in [3.8, 4) is 23.3 Å². The zero-order valence-electron chi connectivity index (χ0n) is 35.7. The van der Waals surface area contributed by atoms with Gasteiger partial charge in [-0.3, -0.25) is 0 Å².